The van der Waals surface area contributed by atoms with Crippen molar-refractivity contribution in [1.82, 2.24) is 4.57 Å². The molecule has 2 aromatic rings. The minimum Gasteiger partial charge on any atom is -0.319 e. The summed E-state index contributed by atoms with van der Waals surface area (Å²) in [5.74, 6) is 0.214. The zero-order valence-corrected chi connectivity index (χ0v) is 10.8. The first-order valence-electron chi connectivity index (χ1n) is 6.46. The molecule has 0 fully saturated rings. The number of rotatable bonds is 1. The zero-order chi connectivity index (χ0) is 13.4. The van der Waals surface area contributed by atoms with Gasteiger partial charge in [-0.2, -0.15) is 5.26 Å². The lowest BCUT2D eigenvalue weighted by atomic mass is 9.96. The van der Waals surface area contributed by atoms with E-state index in [0.29, 0.717) is 12.0 Å². The van der Waals surface area contributed by atoms with Crippen LogP contribution in [0.4, 0.5) is 0 Å². The van der Waals surface area contributed by atoms with Crippen LogP contribution in [-0.2, 0) is 6.42 Å². The second-order valence-electron chi connectivity index (χ2n) is 4.90. The van der Waals surface area contributed by atoms with Crippen molar-refractivity contribution in [2.24, 2.45) is 0 Å². The summed E-state index contributed by atoms with van der Waals surface area (Å²) in [5.41, 5.74) is 4.37. The van der Waals surface area contributed by atoms with Crippen LogP contribution in [0.25, 0.3) is 5.69 Å². The molecule has 1 aliphatic carbocycles. The van der Waals surface area contributed by atoms with E-state index in [1.165, 1.54) is 0 Å². The van der Waals surface area contributed by atoms with E-state index < -0.39 is 0 Å². The van der Waals surface area contributed by atoms with Gasteiger partial charge in [0.1, 0.15) is 6.07 Å². The van der Waals surface area contributed by atoms with Crippen molar-refractivity contribution < 1.29 is 4.79 Å². The number of hydrogen-bond acceptors (Lipinski definition) is 2. The van der Waals surface area contributed by atoms with Gasteiger partial charge in [-0.15, -0.1) is 0 Å². The third-order valence-corrected chi connectivity index (χ3v) is 3.73. The molecule has 1 aromatic carbocycles. The Balaban J connectivity index is 2.22. The molecule has 94 valence electrons. The maximum Gasteiger partial charge on any atom is 0.164 e. The molecule has 0 radical (unpaired) electrons. The Morgan fingerprint density at radius 2 is 2.11 bits per heavy atom. The summed E-state index contributed by atoms with van der Waals surface area (Å²) in [4.78, 5) is 11.9. The standard InChI is InChI=1S/C16H14N2O/c1-11-4-2-5-15(13(11)10-17)18-9-8-12-14(18)6-3-7-16(12)19/h2,4-5,8-9H,3,6-7H2,1H3. The fourth-order valence-electron chi connectivity index (χ4n) is 2.75. The predicted molar refractivity (Wildman–Crippen MR) is 72.5 cm³/mol. The molecule has 1 aromatic heterocycles. The number of Topliss-reactive ketones (excluding diaryl/α,β-unsaturated/α-hetero) is 1. The Labute approximate surface area is 112 Å². The van der Waals surface area contributed by atoms with E-state index in [4.69, 9.17) is 0 Å². The lowest BCUT2D eigenvalue weighted by Gasteiger charge is -2.16. The maximum atomic E-state index is 11.9. The van der Waals surface area contributed by atoms with Gasteiger partial charge >= 0.3 is 0 Å². The third kappa shape index (κ3) is 1.77. The Morgan fingerprint density at radius 1 is 1.26 bits per heavy atom. The number of carbonyl (C=O) groups is 1. The lowest BCUT2D eigenvalue weighted by molar-refractivity contribution is 0.0972. The monoisotopic (exact) mass is 250 g/mol. The molecule has 0 aliphatic heterocycles. The van der Waals surface area contributed by atoms with E-state index in [0.717, 1.165) is 35.3 Å². The molecule has 1 heterocycles. The van der Waals surface area contributed by atoms with Crippen molar-refractivity contribution in [3.05, 3.63) is 52.8 Å². The highest BCUT2D eigenvalue weighted by molar-refractivity contribution is 5.98. The van der Waals surface area contributed by atoms with Gasteiger partial charge in [0.05, 0.1) is 11.3 Å². The van der Waals surface area contributed by atoms with Crippen LogP contribution in [0.5, 0.6) is 0 Å². The van der Waals surface area contributed by atoms with Gasteiger partial charge in [0, 0.05) is 23.9 Å². The SMILES string of the molecule is Cc1cccc(-n2ccc3c2CCCC3=O)c1C#N. The number of nitriles is 1. The Hall–Kier alpha value is -2.34. The molecule has 3 nitrogen and oxygen atoms in total. The molecule has 0 saturated heterocycles. The summed E-state index contributed by atoms with van der Waals surface area (Å²) in [7, 11) is 0. The number of carbonyl (C=O) groups excluding carboxylic acids is 1. The number of benzene rings is 1. The molecule has 0 amide bonds. The van der Waals surface area contributed by atoms with Crippen molar-refractivity contribution in [3.63, 3.8) is 0 Å². The first kappa shape index (κ1) is 11.7. The molecule has 19 heavy (non-hydrogen) atoms. The topological polar surface area (TPSA) is 45.8 Å². The number of aromatic nitrogens is 1. The number of ketones is 1. The van der Waals surface area contributed by atoms with Crippen LogP contribution in [0.2, 0.25) is 0 Å². The molecule has 0 spiro atoms. The van der Waals surface area contributed by atoms with Crippen LogP contribution >= 0.6 is 0 Å². The first-order chi connectivity index (χ1) is 9.22. The number of nitrogens with zero attached hydrogens (tertiary/aromatic N) is 2. The Morgan fingerprint density at radius 3 is 2.89 bits per heavy atom. The average molecular weight is 250 g/mol. The fraction of sp³-hybridized carbons (Fsp3) is 0.250. The molecule has 0 bridgehead atoms. The van der Waals surface area contributed by atoms with Crippen LogP contribution in [0.3, 0.4) is 0 Å². The molecule has 0 atom stereocenters. The molecule has 3 heteroatoms. The van der Waals surface area contributed by atoms with Crippen LogP contribution in [0, 0.1) is 18.3 Å². The van der Waals surface area contributed by atoms with Crippen LogP contribution in [-0.4, -0.2) is 10.4 Å². The van der Waals surface area contributed by atoms with Gasteiger partial charge in [-0.3, -0.25) is 4.79 Å². The molecule has 0 N–H and O–H groups in total. The highest BCUT2D eigenvalue weighted by atomic mass is 16.1. The predicted octanol–water partition coefficient (Wildman–Crippen LogP) is 3.18. The van der Waals surface area contributed by atoms with Gasteiger partial charge < -0.3 is 4.57 Å². The van der Waals surface area contributed by atoms with Crippen molar-refractivity contribution in [3.8, 4) is 11.8 Å². The minimum atomic E-state index is 0.214. The molecular weight excluding hydrogens is 236 g/mol. The number of fused-ring (bicyclic) bond motifs is 1. The summed E-state index contributed by atoms with van der Waals surface area (Å²) in [5, 5.41) is 9.32. The summed E-state index contributed by atoms with van der Waals surface area (Å²) in [6, 6.07) is 9.96. The highest BCUT2D eigenvalue weighted by Crippen LogP contribution is 2.27. The van der Waals surface area contributed by atoms with Gasteiger partial charge in [-0.25, -0.2) is 0 Å². The second-order valence-corrected chi connectivity index (χ2v) is 4.90. The van der Waals surface area contributed by atoms with E-state index in [9.17, 15) is 10.1 Å². The lowest BCUT2D eigenvalue weighted by Crippen LogP contribution is -2.13. The number of hydrogen-bond donors (Lipinski definition) is 0. The minimum absolute atomic E-state index is 0.214. The third-order valence-electron chi connectivity index (χ3n) is 3.73. The highest BCUT2D eigenvalue weighted by Gasteiger charge is 2.22. The maximum absolute atomic E-state index is 11.9. The van der Waals surface area contributed by atoms with Gasteiger partial charge in [-0.05, 0) is 37.5 Å². The van der Waals surface area contributed by atoms with Gasteiger partial charge in [0.15, 0.2) is 5.78 Å². The zero-order valence-electron chi connectivity index (χ0n) is 10.8. The molecule has 0 unspecified atom stereocenters. The van der Waals surface area contributed by atoms with E-state index in [1.54, 1.807) is 0 Å². The molecule has 3 rings (SSSR count). The van der Waals surface area contributed by atoms with E-state index >= 15 is 0 Å². The fourth-order valence-corrected chi connectivity index (χ4v) is 2.75. The average Bonchev–Trinajstić information content (AvgIpc) is 2.83. The Kier molecular flexibility index (Phi) is 2.72. The molecule has 0 saturated carbocycles. The summed E-state index contributed by atoms with van der Waals surface area (Å²) in [6.45, 7) is 1.93. The van der Waals surface area contributed by atoms with Crippen LogP contribution < -0.4 is 0 Å². The quantitative estimate of drug-likeness (QED) is 0.780. The smallest absolute Gasteiger partial charge is 0.164 e. The van der Waals surface area contributed by atoms with Crippen molar-refractivity contribution in [1.29, 1.82) is 5.26 Å². The van der Waals surface area contributed by atoms with E-state index in [-0.39, 0.29) is 5.78 Å². The van der Waals surface area contributed by atoms with E-state index in [1.807, 2.05) is 42.0 Å². The summed E-state index contributed by atoms with van der Waals surface area (Å²) in [6.07, 6.45) is 4.33. The number of aryl methyl sites for hydroxylation is 1. The Bertz CT molecular complexity index is 704. The van der Waals surface area contributed by atoms with Gasteiger partial charge in [-0.1, -0.05) is 12.1 Å². The molecular formula is C16H14N2O. The normalized spacial score (nSPS) is 14.0. The van der Waals surface area contributed by atoms with E-state index in [2.05, 4.69) is 6.07 Å². The van der Waals surface area contributed by atoms with Crippen LogP contribution in [0.1, 0.15) is 40.0 Å². The second kappa shape index (κ2) is 4.40. The van der Waals surface area contributed by atoms with Crippen LogP contribution in [0.15, 0.2) is 30.5 Å². The first-order valence-corrected chi connectivity index (χ1v) is 6.46. The van der Waals surface area contributed by atoms with Crippen molar-refractivity contribution in [2.45, 2.75) is 26.2 Å². The molecule has 1 aliphatic rings. The summed E-state index contributed by atoms with van der Waals surface area (Å²) >= 11 is 0. The largest absolute Gasteiger partial charge is 0.319 e. The van der Waals surface area contributed by atoms with Crippen molar-refractivity contribution in [2.75, 3.05) is 0 Å². The van der Waals surface area contributed by atoms with Gasteiger partial charge in [0.2, 0.25) is 0 Å². The summed E-state index contributed by atoms with van der Waals surface area (Å²) < 4.78 is 2.00. The van der Waals surface area contributed by atoms with Crippen molar-refractivity contribution >= 4 is 5.78 Å². The van der Waals surface area contributed by atoms with Gasteiger partial charge in [0.25, 0.3) is 0 Å².